The summed E-state index contributed by atoms with van der Waals surface area (Å²) in [6, 6.07) is 12.0. The maximum Gasteiger partial charge on any atom is 0.387 e. The highest BCUT2D eigenvalue weighted by molar-refractivity contribution is 5.99. The van der Waals surface area contributed by atoms with Crippen LogP contribution in [0.1, 0.15) is 32.0 Å². The van der Waals surface area contributed by atoms with Gasteiger partial charge in [-0.15, -0.1) is 0 Å². The van der Waals surface area contributed by atoms with Crippen molar-refractivity contribution in [2.24, 2.45) is 0 Å². The third kappa shape index (κ3) is 6.38. The van der Waals surface area contributed by atoms with Crippen LogP contribution in [0.3, 0.4) is 0 Å². The van der Waals surface area contributed by atoms with Crippen molar-refractivity contribution < 1.29 is 27.4 Å². The van der Waals surface area contributed by atoms with Gasteiger partial charge in [-0.2, -0.15) is 19.1 Å². The molecule has 0 radical (unpaired) electrons. The lowest BCUT2D eigenvalue weighted by atomic mass is 9.92. The number of halogens is 3. The molecule has 11 nitrogen and oxygen atoms in total. The van der Waals surface area contributed by atoms with Crippen molar-refractivity contribution in [3.8, 4) is 29.1 Å². The normalized spacial score (nSPS) is 11.2. The Morgan fingerprint density at radius 3 is 2.40 bits per heavy atom. The molecule has 0 aliphatic heterocycles. The standard InChI is InChI=1S/C26H23F3N8O3/c1-26(2,3)20-11-21(37(36-20)14-4-6-15(7-5-14)40-24(28)29)35-25(38)34-19-9-8-16(10-18(19)27)39-23-17(12-30)22(31)32-13-33-23/h4-11,13,24H,1-3H3,(H2,31,32,33)(H2,34,35,38). The van der Waals surface area contributed by atoms with Gasteiger partial charge in [-0.25, -0.2) is 23.8 Å². The van der Waals surface area contributed by atoms with E-state index in [4.69, 9.17) is 10.5 Å². The van der Waals surface area contributed by atoms with E-state index in [2.05, 4.69) is 30.4 Å². The minimum Gasteiger partial charge on any atom is -0.437 e. The maximum atomic E-state index is 14.8. The number of rotatable bonds is 7. The third-order valence-corrected chi connectivity index (χ3v) is 5.38. The minimum absolute atomic E-state index is 0.00483. The number of carbonyl (C=O) groups is 1. The Morgan fingerprint density at radius 1 is 1.07 bits per heavy atom. The summed E-state index contributed by atoms with van der Waals surface area (Å²) in [7, 11) is 0. The average Bonchev–Trinajstić information content (AvgIpc) is 3.30. The molecule has 2 amide bonds. The Morgan fingerprint density at radius 2 is 1.77 bits per heavy atom. The molecule has 0 fully saturated rings. The Hall–Kier alpha value is -5.32. The van der Waals surface area contributed by atoms with Crippen LogP contribution in [0.15, 0.2) is 54.9 Å². The van der Waals surface area contributed by atoms with Gasteiger partial charge in [-0.3, -0.25) is 5.32 Å². The van der Waals surface area contributed by atoms with Gasteiger partial charge in [0.1, 0.15) is 41.3 Å². The van der Waals surface area contributed by atoms with Gasteiger partial charge in [0.15, 0.2) is 5.56 Å². The van der Waals surface area contributed by atoms with Crippen LogP contribution >= 0.6 is 0 Å². The fraction of sp³-hybridized carbons (Fsp3) is 0.192. The van der Waals surface area contributed by atoms with Crippen LogP contribution in [0.2, 0.25) is 0 Å². The van der Waals surface area contributed by atoms with Crippen molar-refractivity contribution in [3.05, 3.63) is 71.9 Å². The lowest BCUT2D eigenvalue weighted by Crippen LogP contribution is -2.22. The zero-order chi connectivity index (χ0) is 29.0. The van der Waals surface area contributed by atoms with E-state index in [1.807, 2.05) is 26.8 Å². The van der Waals surface area contributed by atoms with Gasteiger partial charge in [0.25, 0.3) is 0 Å². The number of amides is 2. The van der Waals surface area contributed by atoms with Crippen LogP contribution in [-0.2, 0) is 5.41 Å². The molecule has 206 valence electrons. The molecule has 2 heterocycles. The Balaban J connectivity index is 1.53. The van der Waals surface area contributed by atoms with E-state index in [1.165, 1.54) is 41.1 Å². The van der Waals surface area contributed by atoms with Crippen LogP contribution in [0, 0.1) is 17.1 Å². The molecule has 4 rings (SSSR count). The fourth-order valence-corrected chi connectivity index (χ4v) is 3.41. The molecule has 0 aliphatic carbocycles. The molecule has 4 aromatic rings. The summed E-state index contributed by atoms with van der Waals surface area (Å²) in [6.07, 6.45) is 1.10. The lowest BCUT2D eigenvalue weighted by Gasteiger charge is -2.14. The van der Waals surface area contributed by atoms with Crippen molar-refractivity contribution in [3.63, 3.8) is 0 Å². The Labute approximate surface area is 226 Å². The number of anilines is 3. The van der Waals surface area contributed by atoms with Gasteiger partial charge in [-0.05, 0) is 36.4 Å². The number of benzene rings is 2. The van der Waals surface area contributed by atoms with E-state index in [-0.39, 0.29) is 40.3 Å². The maximum absolute atomic E-state index is 14.8. The number of nitriles is 1. The van der Waals surface area contributed by atoms with E-state index in [9.17, 15) is 23.2 Å². The van der Waals surface area contributed by atoms with Crippen molar-refractivity contribution in [2.45, 2.75) is 32.8 Å². The number of nitrogens with one attached hydrogen (secondary N) is 2. The second kappa shape index (κ2) is 11.2. The zero-order valence-corrected chi connectivity index (χ0v) is 21.4. The second-order valence-corrected chi connectivity index (χ2v) is 9.32. The summed E-state index contributed by atoms with van der Waals surface area (Å²) < 4.78 is 51.1. The SMILES string of the molecule is CC(C)(C)c1cc(NC(=O)Nc2ccc(Oc3ncnc(N)c3C#N)cc2F)n(-c2ccc(OC(F)F)cc2)n1. The molecule has 0 spiro atoms. The Kier molecular flexibility index (Phi) is 7.76. The van der Waals surface area contributed by atoms with Crippen LogP contribution in [0.4, 0.5) is 35.3 Å². The number of hydrogen-bond donors (Lipinski definition) is 3. The molecule has 14 heteroatoms. The number of nitrogen functional groups attached to an aromatic ring is 1. The predicted octanol–water partition coefficient (Wildman–Crippen LogP) is 5.59. The van der Waals surface area contributed by atoms with Gasteiger partial charge in [-0.1, -0.05) is 20.8 Å². The molecule has 0 atom stereocenters. The monoisotopic (exact) mass is 552 g/mol. The number of carbonyl (C=O) groups excluding carboxylic acids is 1. The summed E-state index contributed by atoms with van der Waals surface area (Å²) in [4.78, 5) is 20.4. The predicted molar refractivity (Wildman–Crippen MR) is 139 cm³/mol. The van der Waals surface area contributed by atoms with Crippen LogP contribution in [0.5, 0.6) is 17.4 Å². The third-order valence-electron chi connectivity index (χ3n) is 5.38. The summed E-state index contributed by atoms with van der Waals surface area (Å²) in [5.74, 6) is -0.851. The summed E-state index contributed by atoms with van der Waals surface area (Å²) in [6.45, 7) is 2.82. The molecule has 2 aromatic carbocycles. The highest BCUT2D eigenvalue weighted by Gasteiger charge is 2.22. The van der Waals surface area contributed by atoms with Gasteiger partial charge in [0.2, 0.25) is 5.88 Å². The van der Waals surface area contributed by atoms with Crippen molar-refractivity contribution >= 4 is 23.4 Å². The zero-order valence-electron chi connectivity index (χ0n) is 21.4. The number of ether oxygens (including phenoxy) is 2. The van der Waals surface area contributed by atoms with E-state index in [0.29, 0.717) is 11.4 Å². The lowest BCUT2D eigenvalue weighted by molar-refractivity contribution is -0.0498. The molecule has 2 aromatic heterocycles. The van der Waals surface area contributed by atoms with Gasteiger partial charge < -0.3 is 20.5 Å². The van der Waals surface area contributed by atoms with E-state index < -0.39 is 23.9 Å². The summed E-state index contributed by atoms with van der Waals surface area (Å²) in [5.41, 5.74) is 6.06. The van der Waals surface area contributed by atoms with Gasteiger partial charge >= 0.3 is 12.6 Å². The van der Waals surface area contributed by atoms with E-state index in [0.717, 1.165) is 12.4 Å². The largest absolute Gasteiger partial charge is 0.437 e. The molecular weight excluding hydrogens is 529 g/mol. The van der Waals surface area contributed by atoms with Crippen molar-refractivity contribution in [2.75, 3.05) is 16.4 Å². The number of nitrogens with zero attached hydrogens (tertiary/aromatic N) is 5. The number of alkyl halides is 2. The first kappa shape index (κ1) is 27.7. The second-order valence-electron chi connectivity index (χ2n) is 9.32. The number of hydrogen-bond acceptors (Lipinski definition) is 8. The van der Waals surface area contributed by atoms with Crippen molar-refractivity contribution in [1.29, 1.82) is 5.26 Å². The minimum atomic E-state index is -2.97. The molecule has 0 saturated carbocycles. The topological polar surface area (TPSA) is 153 Å². The first-order chi connectivity index (χ1) is 18.9. The van der Waals surface area contributed by atoms with Crippen LogP contribution < -0.4 is 25.8 Å². The quantitative estimate of drug-likeness (QED) is 0.268. The van der Waals surface area contributed by atoms with E-state index in [1.54, 1.807) is 6.07 Å². The summed E-state index contributed by atoms with van der Waals surface area (Å²) in [5, 5.41) is 18.8. The molecule has 0 aliphatic rings. The van der Waals surface area contributed by atoms with Crippen LogP contribution in [0.25, 0.3) is 5.69 Å². The van der Waals surface area contributed by atoms with Crippen molar-refractivity contribution in [1.82, 2.24) is 19.7 Å². The average molecular weight is 553 g/mol. The first-order valence-corrected chi connectivity index (χ1v) is 11.7. The fourth-order valence-electron chi connectivity index (χ4n) is 3.41. The molecule has 0 saturated heterocycles. The van der Waals surface area contributed by atoms with Gasteiger partial charge in [0.05, 0.1) is 17.1 Å². The smallest absolute Gasteiger partial charge is 0.387 e. The molecule has 0 bridgehead atoms. The molecule has 40 heavy (non-hydrogen) atoms. The van der Waals surface area contributed by atoms with Gasteiger partial charge in [0, 0.05) is 17.5 Å². The number of nitrogens with two attached hydrogens (primary N) is 1. The number of aromatic nitrogens is 4. The van der Waals surface area contributed by atoms with E-state index >= 15 is 0 Å². The Bertz CT molecular complexity index is 1580. The highest BCUT2D eigenvalue weighted by atomic mass is 19.3. The molecule has 4 N–H and O–H groups in total. The van der Waals surface area contributed by atoms with Crippen LogP contribution in [-0.4, -0.2) is 32.4 Å². The highest BCUT2D eigenvalue weighted by Crippen LogP contribution is 2.29. The molecular formula is C26H23F3N8O3. The summed E-state index contributed by atoms with van der Waals surface area (Å²) >= 11 is 0. The number of urea groups is 1. The molecule has 0 unspecified atom stereocenters. The first-order valence-electron chi connectivity index (χ1n) is 11.7.